The van der Waals surface area contributed by atoms with Crippen molar-refractivity contribution < 1.29 is 0 Å². The summed E-state index contributed by atoms with van der Waals surface area (Å²) in [4.78, 5) is 12.3. The summed E-state index contributed by atoms with van der Waals surface area (Å²) >= 11 is 5.26. The minimum atomic E-state index is 0. The zero-order valence-electron chi connectivity index (χ0n) is 13.9. The highest BCUT2D eigenvalue weighted by Gasteiger charge is 2.28. The van der Waals surface area contributed by atoms with E-state index in [1.165, 1.54) is 4.88 Å². The molecule has 3 heterocycles. The van der Waals surface area contributed by atoms with E-state index in [1.807, 2.05) is 19.6 Å². The fraction of sp³-hybridized carbons (Fsp3) is 0.500. The molecule has 2 aromatic rings. The van der Waals surface area contributed by atoms with Gasteiger partial charge in [-0.25, -0.2) is 4.98 Å². The largest absolute Gasteiger partial charge is 0.351 e. The van der Waals surface area contributed by atoms with Crippen molar-refractivity contribution in [2.75, 3.05) is 20.1 Å². The molecular formula is C16H23BrIN5S. The highest BCUT2D eigenvalue weighted by atomic mass is 127. The lowest BCUT2D eigenvalue weighted by atomic mass is 9.93. The van der Waals surface area contributed by atoms with Crippen LogP contribution in [0.3, 0.4) is 0 Å². The Labute approximate surface area is 172 Å². The predicted octanol–water partition coefficient (Wildman–Crippen LogP) is 3.98. The minimum Gasteiger partial charge on any atom is -0.351 e. The molecule has 0 aliphatic carbocycles. The van der Waals surface area contributed by atoms with Gasteiger partial charge in [-0.05, 0) is 34.3 Å². The third kappa shape index (κ3) is 4.72. The number of nitrogens with one attached hydrogen (secondary N) is 1. The van der Waals surface area contributed by atoms with Crippen LogP contribution in [0.1, 0.15) is 24.3 Å². The van der Waals surface area contributed by atoms with Crippen molar-refractivity contribution in [2.24, 2.45) is 10.9 Å². The number of rotatable bonds is 3. The number of halogens is 2. The first-order chi connectivity index (χ1) is 11.2. The van der Waals surface area contributed by atoms with E-state index in [0.717, 1.165) is 36.5 Å². The number of likely N-dealkylation sites (tertiary alicyclic amines) is 1. The summed E-state index contributed by atoms with van der Waals surface area (Å²) in [6.45, 7) is 5.14. The second-order valence-electron chi connectivity index (χ2n) is 5.92. The van der Waals surface area contributed by atoms with Gasteiger partial charge in [0.25, 0.3) is 0 Å². The molecule has 2 unspecified atom stereocenters. The van der Waals surface area contributed by atoms with E-state index < -0.39 is 0 Å². The Morgan fingerprint density at radius 1 is 1.54 bits per heavy atom. The molecule has 2 atom stereocenters. The summed E-state index contributed by atoms with van der Waals surface area (Å²) in [6.07, 6.45) is 7.00. The van der Waals surface area contributed by atoms with Crippen molar-refractivity contribution in [1.82, 2.24) is 19.8 Å². The van der Waals surface area contributed by atoms with Crippen LogP contribution >= 0.6 is 51.2 Å². The topological polar surface area (TPSA) is 45.5 Å². The van der Waals surface area contributed by atoms with Crippen LogP contribution in [-0.4, -0.2) is 40.5 Å². The molecule has 0 saturated carbocycles. The quantitative estimate of drug-likeness (QED) is 0.376. The van der Waals surface area contributed by atoms with Crippen molar-refractivity contribution in [2.45, 2.75) is 25.9 Å². The molecule has 3 rings (SSSR count). The second kappa shape index (κ2) is 9.19. The standard InChI is InChI=1S/C16H22BrN5S.HI/c1-12-3-5-21(9-15(12)22-6-4-19-11-22)16(18-2)20-8-14-7-13(17)10-23-14;/h4,6-7,10-12,15H,3,5,8-9H2,1-2H3,(H,18,20);1H. The summed E-state index contributed by atoms with van der Waals surface area (Å²) in [5, 5.41) is 5.60. The Morgan fingerprint density at radius 3 is 3.00 bits per heavy atom. The molecule has 5 nitrogen and oxygen atoms in total. The highest BCUT2D eigenvalue weighted by molar-refractivity contribution is 14.0. The molecule has 24 heavy (non-hydrogen) atoms. The van der Waals surface area contributed by atoms with Gasteiger partial charge in [0, 0.05) is 47.3 Å². The summed E-state index contributed by atoms with van der Waals surface area (Å²) in [6, 6.07) is 2.60. The SMILES string of the molecule is CN=C(NCc1cc(Br)cs1)N1CCC(C)C(n2ccnc2)C1.I. The molecule has 0 radical (unpaired) electrons. The summed E-state index contributed by atoms with van der Waals surface area (Å²) in [5.41, 5.74) is 0. The normalized spacial score (nSPS) is 21.5. The minimum absolute atomic E-state index is 0. The number of imidazole rings is 1. The van der Waals surface area contributed by atoms with Gasteiger partial charge in [-0.3, -0.25) is 4.99 Å². The molecule has 1 aliphatic heterocycles. The van der Waals surface area contributed by atoms with Gasteiger partial charge in [-0.2, -0.15) is 0 Å². The zero-order chi connectivity index (χ0) is 16.2. The van der Waals surface area contributed by atoms with Crippen molar-refractivity contribution in [1.29, 1.82) is 0 Å². The molecule has 0 aromatic carbocycles. The molecule has 1 saturated heterocycles. The Bertz CT molecular complexity index is 657. The van der Waals surface area contributed by atoms with Crippen LogP contribution in [0.4, 0.5) is 0 Å². The first kappa shape index (κ1) is 19.7. The fourth-order valence-corrected chi connectivity index (χ4v) is 4.43. The van der Waals surface area contributed by atoms with Gasteiger partial charge >= 0.3 is 0 Å². The van der Waals surface area contributed by atoms with E-state index in [4.69, 9.17) is 0 Å². The molecule has 0 spiro atoms. The third-order valence-electron chi connectivity index (χ3n) is 4.38. The van der Waals surface area contributed by atoms with Gasteiger partial charge < -0.3 is 14.8 Å². The fourth-order valence-electron chi connectivity index (χ4n) is 3.04. The molecule has 0 amide bonds. The van der Waals surface area contributed by atoms with E-state index in [0.29, 0.717) is 12.0 Å². The Balaban J connectivity index is 0.00000208. The summed E-state index contributed by atoms with van der Waals surface area (Å²) in [5.74, 6) is 1.62. The molecule has 132 valence electrons. The van der Waals surface area contributed by atoms with E-state index in [2.05, 4.69) is 65.3 Å². The number of hydrogen-bond donors (Lipinski definition) is 1. The van der Waals surface area contributed by atoms with Crippen LogP contribution in [0.5, 0.6) is 0 Å². The van der Waals surface area contributed by atoms with Crippen LogP contribution in [0.2, 0.25) is 0 Å². The molecule has 1 aliphatic rings. The number of guanidine groups is 1. The van der Waals surface area contributed by atoms with Crippen LogP contribution in [0.15, 0.2) is 39.6 Å². The van der Waals surface area contributed by atoms with Crippen LogP contribution in [0, 0.1) is 5.92 Å². The number of aliphatic imine (C=N–C) groups is 1. The average molecular weight is 524 g/mol. The van der Waals surface area contributed by atoms with E-state index in [-0.39, 0.29) is 24.0 Å². The first-order valence-electron chi connectivity index (χ1n) is 7.83. The number of thiophene rings is 1. The Morgan fingerprint density at radius 2 is 2.38 bits per heavy atom. The Hall–Kier alpha value is -0.610. The summed E-state index contributed by atoms with van der Waals surface area (Å²) < 4.78 is 3.36. The van der Waals surface area contributed by atoms with Crippen LogP contribution in [0.25, 0.3) is 0 Å². The van der Waals surface area contributed by atoms with Gasteiger partial charge in [-0.15, -0.1) is 35.3 Å². The molecule has 2 aromatic heterocycles. The first-order valence-corrected chi connectivity index (χ1v) is 9.50. The highest BCUT2D eigenvalue weighted by Crippen LogP contribution is 2.27. The monoisotopic (exact) mass is 523 g/mol. The lowest BCUT2D eigenvalue weighted by Gasteiger charge is -2.39. The number of piperidine rings is 1. The van der Waals surface area contributed by atoms with Crippen LogP contribution < -0.4 is 5.32 Å². The predicted molar refractivity (Wildman–Crippen MR) is 114 cm³/mol. The van der Waals surface area contributed by atoms with Crippen LogP contribution in [-0.2, 0) is 6.54 Å². The maximum Gasteiger partial charge on any atom is 0.194 e. The number of nitrogens with zero attached hydrogens (tertiary/aromatic N) is 4. The maximum atomic E-state index is 4.47. The van der Waals surface area contributed by atoms with Gasteiger partial charge in [0.1, 0.15) is 0 Å². The van der Waals surface area contributed by atoms with Gasteiger partial charge in [0.2, 0.25) is 0 Å². The lowest BCUT2D eigenvalue weighted by Crippen LogP contribution is -2.48. The van der Waals surface area contributed by atoms with E-state index in [9.17, 15) is 0 Å². The van der Waals surface area contributed by atoms with Gasteiger partial charge in [0.15, 0.2) is 5.96 Å². The van der Waals surface area contributed by atoms with Gasteiger partial charge in [0.05, 0.1) is 18.9 Å². The zero-order valence-corrected chi connectivity index (χ0v) is 18.6. The molecule has 1 N–H and O–H groups in total. The second-order valence-corrected chi connectivity index (χ2v) is 7.83. The molecule has 1 fully saturated rings. The molecule has 8 heteroatoms. The third-order valence-corrected chi connectivity index (χ3v) is 6.08. The van der Waals surface area contributed by atoms with Crippen molar-refractivity contribution >= 4 is 57.2 Å². The van der Waals surface area contributed by atoms with Gasteiger partial charge in [-0.1, -0.05) is 6.92 Å². The van der Waals surface area contributed by atoms with Crippen molar-refractivity contribution in [3.05, 3.63) is 39.5 Å². The smallest absolute Gasteiger partial charge is 0.194 e. The van der Waals surface area contributed by atoms with Crippen molar-refractivity contribution in [3.63, 3.8) is 0 Å². The van der Waals surface area contributed by atoms with E-state index in [1.54, 1.807) is 11.3 Å². The van der Waals surface area contributed by atoms with Crippen molar-refractivity contribution in [3.8, 4) is 0 Å². The lowest BCUT2D eigenvalue weighted by molar-refractivity contribution is 0.189. The summed E-state index contributed by atoms with van der Waals surface area (Å²) in [7, 11) is 1.86. The maximum absolute atomic E-state index is 4.47. The molecular weight excluding hydrogens is 501 g/mol. The number of aromatic nitrogens is 2. The average Bonchev–Trinajstić information content (AvgIpc) is 3.21. The van der Waals surface area contributed by atoms with E-state index >= 15 is 0 Å². The Kier molecular flexibility index (Phi) is 7.55. The molecule has 0 bridgehead atoms. The number of hydrogen-bond acceptors (Lipinski definition) is 3.